The van der Waals surface area contributed by atoms with Crippen molar-refractivity contribution >= 4 is 47.1 Å². The van der Waals surface area contributed by atoms with Gasteiger partial charge in [0, 0.05) is 12.5 Å². The molecular weight excluding hydrogens is 727 g/mol. The van der Waals surface area contributed by atoms with Crippen molar-refractivity contribution in [2.45, 2.75) is 137 Å². The van der Waals surface area contributed by atoms with Crippen molar-refractivity contribution in [1.82, 2.24) is 0 Å². The van der Waals surface area contributed by atoms with Crippen LogP contribution in [0, 0.1) is 39.9 Å². The van der Waals surface area contributed by atoms with Crippen molar-refractivity contribution in [3.8, 4) is 0 Å². The maximum absolute atomic E-state index is 12.9. The first-order chi connectivity index (χ1) is 24.9. The summed E-state index contributed by atoms with van der Waals surface area (Å²) < 4.78 is 29.1. The van der Waals surface area contributed by atoms with E-state index in [1.54, 1.807) is 12.2 Å². The summed E-state index contributed by atoms with van der Waals surface area (Å²) in [5, 5.41) is 22.8. The molecule has 2 N–H and O–H groups in total. The number of carbonyl (C=O) groups excluding carboxylic acids is 3. The summed E-state index contributed by atoms with van der Waals surface area (Å²) >= 11 is 11.3. The topological polar surface area (TPSA) is 155 Å². The molecule has 0 aromatic heterocycles. The van der Waals surface area contributed by atoms with Crippen LogP contribution < -0.4 is 0 Å². The summed E-state index contributed by atoms with van der Waals surface area (Å²) in [6, 6.07) is 0. The number of aliphatic carboxylic acids is 1. The normalized spacial score (nSPS) is 41.2. The van der Waals surface area contributed by atoms with Crippen LogP contribution >= 0.6 is 23.2 Å². The molecule has 0 saturated heterocycles. The second-order valence-electron chi connectivity index (χ2n) is 16.7. The van der Waals surface area contributed by atoms with E-state index >= 15 is 0 Å². The minimum atomic E-state index is -1.26. The van der Waals surface area contributed by atoms with Crippen LogP contribution in [0.3, 0.4) is 0 Å². The van der Waals surface area contributed by atoms with Crippen molar-refractivity contribution in [3.63, 3.8) is 0 Å². The van der Waals surface area contributed by atoms with Gasteiger partial charge in [0.1, 0.15) is 17.9 Å². The van der Waals surface area contributed by atoms with E-state index in [0.29, 0.717) is 43.3 Å². The van der Waals surface area contributed by atoms with Gasteiger partial charge in [0.05, 0.1) is 12.2 Å². The predicted molar refractivity (Wildman–Crippen MR) is 197 cm³/mol. The van der Waals surface area contributed by atoms with Gasteiger partial charge < -0.3 is 33.9 Å². The number of carboxylic acids is 1. The minimum absolute atomic E-state index is 0.0743. The Hall–Kier alpha value is -2.44. The third kappa shape index (κ3) is 7.98. The highest BCUT2D eigenvalue weighted by atomic mass is 35.5. The molecule has 13 atom stereocenters. The molecular formula is C40H56Cl2O11. The molecule has 296 valence electrons. The van der Waals surface area contributed by atoms with Gasteiger partial charge in [-0.05, 0) is 123 Å². The molecule has 53 heavy (non-hydrogen) atoms. The Labute approximate surface area is 322 Å². The largest absolute Gasteiger partial charge is 0.478 e. The Morgan fingerprint density at radius 3 is 2.26 bits per heavy atom. The summed E-state index contributed by atoms with van der Waals surface area (Å²) in [4.78, 5) is 49.3. The summed E-state index contributed by atoms with van der Waals surface area (Å²) in [6.45, 7) is 14.3. The van der Waals surface area contributed by atoms with E-state index in [4.69, 9.17) is 46.9 Å². The molecule has 1 aliphatic heterocycles. The van der Waals surface area contributed by atoms with Crippen molar-refractivity contribution in [1.29, 1.82) is 0 Å². The number of aliphatic hydroxyl groups is 1. The van der Waals surface area contributed by atoms with Gasteiger partial charge in [-0.2, -0.15) is 0 Å². The molecule has 13 heteroatoms. The van der Waals surface area contributed by atoms with E-state index in [2.05, 4.69) is 27.7 Å². The van der Waals surface area contributed by atoms with E-state index in [9.17, 15) is 29.4 Å². The average molecular weight is 784 g/mol. The number of hydrogen-bond donors (Lipinski definition) is 2. The lowest BCUT2D eigenvalue weighted by molar-refractivity contribution is -0.282. The number of ether oxygens (including phenoxy) is 5. The molecule has 1 heterocycles. The number of halogens is 2. The van der Waals surface area contributed by atoms with E-state index in [-0.39, 0.29) is 46.5 Å². The van der Waals surface area contributed by atoms with Gasteiger partial charge in [-0.1, -0.05) is 39.3 Å². The van der Waals surface area contributed by atoms with Gasteiger partial charge in [0.2, 0.25) is 6.29 Å². The van der Waals surface area contributed by atoms with Crippen molar-refractivity contribution in [2.75, 3.05) is 11.8 Å². The molecule has 0 amide bonds. The molecule has 0 spiro atoms. The number of carbonyl (C=O) groups is 4. The first-order valence-electron chi connectivity index (χ1n) is 18.8. The number of rotatable bonds is 11. The highest BCUT2D eigenvalue weighted by molar-refractivity contribution is 6.26. The number of fused-ring (bicyclic) bond motifs is 5. The first-order valence-corrected chi connectivity index (χ1v) is 19.9. The maximum Gasteiger partial charge on any atom is 0.331 e. The standard InChI is InChI=1S/C40H56Cl2O11/c1-21(2)9-8-10-24(36(47)48)34-26-17-27(44)35-38(5)15-14-28(51-33-12-11-29(50-31(45)19-41)37(53-33)52-32(46)20-42)22(3)25(38)13-16-39(35,6)40(26,7)18-30(34)49-23(4)43/h9,11-12,22,25-30,33,35,37,44H,8,10,13-20H2,1-7H3,(H,47,48)/b34-24-/t22-,25?,26-,27?,28+,29-,30-,33-,35?,37-,38-,39-,40-/m0/s1. The lowest BCUT2D eigenvalue weighted by atomic mass is 9.36. The first kappa shape index (κ1) is 41.7. The molecule has 11 nitrogen and oxygen atoms in total. The Bertz CT molecular complexity index is 1520. The predicted octanol–water partition coefficient (Wildman–Crippen LogP) is 6.86. The molecule has 0 bridgehead atoms. The molecule has 5 aliphatic rings. The third-order valence-electron chi connectivity index (χ3n) is 13.6. The number of aliphatic hydroxyl groups excluding tert-OH is 1. The third-order valence-corrected chi connectivity index (χ3v) is 14.0. The zero-order valence-electron chi connectivity index (χ0n) is 31.9. The molecule has 4 saturated carbocycles. The van der Waals surface area contributed by atoms with Crippen LogP contribution in [0.4, 0.5) is 0 Å². The Balaban J connectivity index is 1.40. The van der Waals surface area contributed by atoms with Crippen LogP contribution in [0.1, 0.15) is 99.8 Å². The van der Waals surface area contributed by atoms with Gasteiger partial charge in [-0.3, -0.25) is 14.4 Å². The zero-order chi connectivity index (χ0) is 39.0. The molecule has 0 radical (unpaired) electrons. The maximum atomic E-state index is 12.9. The SMILES string of the molecule is CC(=O)O[C@H]1C[C@@]2(C)[C@@H](CC(O)C3[C@@]4(C)CC[C@@H](O[C@@H]5C=C[C@H](OC(=O)CCl)[C@@H](OC(=O)CCl)O5)[C@@H](C)C4CC[C@@]32C)/C1=C(\CCC=C(C)C)C(=O)O. The van der Waals surface area contributed by atoms with Gasteiger partial charge in [0.15, 0.2) is 12.4 Å². The molecule has 0 aromatic rings. The van der Waals surface area contributed by atoms with Crippen molar-refractivity contribution in [2.24, 2.45) is 39.9 Å². The van der Waals surface area contributed by atoms with Crippen LogP contribution in [-0.2, 0) is 42.9 Å². The fourth-order valence-electron chi connectivity index (χ4n) is 11.3. The molecule has 0 aromatic carbocycles. The number of carboxylic acid groups (broad SMARTS) is 1. The fraction of sp³-hybridized carbons (Fsp3) is 0.750. The lowest BCUT2D eigenvalue weighted by Gasteiger charge is -2.69. The summed E-state index contributed by atoms with van der Waals surface area (Å²) in [5.41, 5.74) is 1.02. The van der Waals surface area contributed by atoms with E-state index in [1.807, 2.05) is 19.9 Å². The Morgan fingerprint density at radius 1 is 0.962 bits per heavy atom. The van der Waals surface area contributed by atoms with E-state index in [1.165, 1.54) is 6.92 Å². The van der Waals surface area contributed by atoms with Crippen LogP contribution in [0.15, 0.2) is 34.9 Å². The van der Waals surface area contributed by atoms with Gasteiger partial charge in [-0.15, -0.1) is 23.2 Å². The summed E-state index contributed by atoms with van der Waals surface area (Å²) in [5.74, 6) is -3.72. The number of esters is 3. The smallest absolute Gasteiger partial charge is 0.331 e. The zero-order valence-corrected chi connectivity index (χ0v) is 33.4. The lowest BCUT2D eigenvalue weighted by Crippen LogP contribution is -2.65. The molecule has 4 aliphatic carbocycles. The number of allylic oxidation sites excluding steroid dienone is 2. The highest BCUT2D eigenvalue weighted by Gasteiger charge is 2.71. The van der Waals surface area contributed by atoms with Gasteiger partial charge in [0.25, 0.3) is 0 Å². The van der Waals surface area contributed by atoms with Crippen molar-refractivity contribution < 1.29 is 53.1 Å². The van der Waals surface area contributed by atoms with Gasteiger partial charge in [-0.25, -0.2) is 4.79 Å². The number of alkyl halides is 2. The fourth-order valence-corrected chi connectivity index (χ4v) is 11.4. The number of hydrogen-bond acceptors (Lipinski definition) is 10. The van der Waals surface area contributed by atoms with E-state index < -0.39 is 66.1 Å². The summed E-state index contributed by atoms with van der Waals surface area (Å²) in [7, 11) is 0. The highest BCUT2D eigenvalue weighted by Crippen LogP contribution is 2.74. The Morgan fingerprint density at radius 2 is 1.64 bits per heavy atom. The minimum Gasteiger partial charge on any atom is -0.478 e. The molecule has 3 unspecified atom stereocenters. The molecule has 4 fully saturated rings. The Kier molecular flexibility index (Phi) is 12.9. The summed E-state index contributed by atoms with van der Waals surface area (Å²) in [6.07, 6.45) is 5.46. The van der Waals surface area contributed by atoms with Gasteiger partial charge >= 0.3 is 23.9 Å². The van der Waals surface area contributed by atoms with Crippen LogP contribution in [-0.4, -0.2) is 82.8 Å². The average Bonchev–Trinajstić information content (AvgIpc) is 3.35. The quantitative estimate of drug-likeness (QED) is 0.0743. The monoisotopic (exact) mass is 782 g/mol. The second kappa shape index (κ2) is 16.3. The van der Waals surface area contributed by atoms with E-state index in [0.717, 1.165) is 24.8 Å². The molecule has 5 rings (SSSR count). The second-order valence-corrected chi connectivity index (χ2v) is 17.3. The van der Waals surface area contributed by atoms with Crippen LogP contribution in [0.5, 0.6) is 0 Å². The van der Waals surface area contributed by atoms with Crippen molar-refractivity contribution in [3.05, 3.63) is 34.9 Å². The van der Waals surface area contributed by atoms with Crippen LogP contribution in [0.2, 0.25) is 0 Å². The van der Waals surface area contributed by atoms with Crippen LogP contribution in [0.25, 0.3) is 0 Å².